The first-order valence-corrected chi connectivity index (χ1v) is 14.4. The van der Waals surface area contributed by atoms with Crippen LogP contribution in [0.5, 0.6) is 0 Å². The van der Waals surface area contributed by atoms with E-state index >= 15 is 0 Å². The zero-order valence-corrected chi connectivity index (χ0v) is 27.6. The molecule has 2 N–H and O–H groups in total. The molecule has 0 fully saturated rings. The third kappa shape index (κ3) is 4.97. The first kappa shape index (κ1) is 32.1. The quantitative estimate of drug-likeness (QED) is 0.228. The Bertz CT molecular complexity index is 2080. The maximum Gasteiger partial charge on any atom is 2.00 e. The fraction of sp³-hybridized carbons (Fsp3) is 0.257. The fourth-order valence-electron chi connectivity index (χ4n) is 6.51. The molecule has 45 heavy (non-hydrogen) atoms. The first-order valence-electron chi connectivity index (χ1n) is 14.4. The molecule has 2 atom stereocenters. The van der Waals surface area contributed by atoms with Crippen LogP contribution >= 0.6 is 0 Å². The molecule has 3 aromatic rings. The summed E-state index contributed by atoms with van der Waals surface area (Å²) >= 11 is 0. The van der Waals surface area contributed by atoms with Crippen LogP contribution in [-0.4, -0.2) is 68.4 Å². The predicted molar refractivity (Wildman–Crippen MR) is 176 cm³/mol. The summed E-state index contributed by atoms with van der Waals surface area (Å²) < 4.78 is 5.14. The summed E-state index contributed by atoms with van der Waals surface area (Å²) in [5, 5.41) is 21.1. The van der Waals surface area contributed by atoms with Gasteiger partial charge in [-0.15, -0.1) is 22.1 Å². The van der Waals surface area contributed by atoms with Crippen LogP contribution in [0.4, 0.5) is 0 Å². The molecule has 5 heterocycles. The molecular formula is C35H32MgN4O5. The van der Waals surface area contributed by atoms with Crippen molar-refractivity contribution in [2.45, 2.75) is 53.1 Å². The number of carboxylic acid groups (broad SMARTS) is 1. The van der Waals surface area contributed by atoms with E-state index in [9.17, 15) is 19.8 Å². The van der Waals surface area contributed by atoms with Gasteiger partial charge in [0.1, 0.15) is 5.92 Å². The summed E-state index contributed by atoms with van der Waals surface area (Å²) in [6.45, 7) is 13.8. The number of hydrogen-bond donors (Lipinski definition) is 2. The minimum atomic E-state index is -1.23. The number of aliphatic hydroxyl groups is 1. The summed E-state index contributed by atoms with van der Waals surface area (Å²) in [5.41, 5.74) is 11.7. The minimum absolute atomic E-state index is 0. The number of fused-ring (bicyclic) bond motifs is 8. The van der Waals surface area contributed by atoms with Gasteiger partial charge < -0.3 is 24.9 Å². The summed E-state index contributed by atoms with van der Waals surface area (Å²) in [6, 6.07) is 5.73. The Labute approximate surface area is 276 Å². The maximum atomic E-state index is 13.2. The van der Waals surface area contributed by atoms with Gasteiger partial charge in [-0.05, 0) is 62.5 Å². The number of ether oxygens (including phenoxy) is 1. The number of rotatable bonds is 5. The largest absolute Gasteiger partial charge is 2.00 e. The topological polar surface area (TPSA) is 138 Å². The van der Waals surface area contributed by atoms with Crippen LogP contribution in [-0.2, 0) is 20.7 Å². The molecule has 0 saturated carbocycles. The van der Waals surface area contributed by atoms with E-state index < -0.39 is 24.0 Å². The van der Waals surface area contributed by atoms with Gasteiger partial charge in [0.2, 0.25) is 0 Å². The Morgan fingerprint density at radius 2 is 1.62 bits per heavy atom. The second-order valence-electron chi connectivity index (χ2n) is 11.2. The van der Waals surface area contributed by atoms with Gasteiger partial charge in [0.15, 0.2) is 0 Å². The number of carbonyl (C=O) groups excluding carboxylic acids is 1. The average Bonchev–Trinajstić information content (AvgIpc) is 3.72. The van der Waals surface area contributed by atoms with Gasteiger partial charge in [-0.1, -0.05) is 54.5 Å². The molecule has 0 amide bonds. The van der Waals surface area contributed by atoms with E-state index in [1.54, 1.807) is 6.08 Å². The van der Waals surface area contributed by atoms with E-state index in [-0.39, 0.29) is 23.1 Å². The normalized spacial score (nSPS) is 17.2. The van der Waals surface area contributed by atoms with Crippen molar-refractivity contribution < 1.29 is 24.5 Å². The van der Waals surface area contributed by atoms with Crippen LogP contribution in [0.1, 0.15) is 77.3 Å². The van der Waals surface area contributed by atoms with E-state index in [1.165, 1.54) is 13.2 Å². The molecule has 1 aliphatic carbocycles. The number of methoxy groups -OCH3 is 1. The molecule has 9 nitrogen and oxygen atoms in total. The van der Waals surface area contributed by atoms with E-state index in [4.69, 9.17) is 24.7 Å². The average molecular weight is 613 g/mol. The number of aliphatic carboxylic acids is 1. The maximum absolute atomic E-state index is 13.2. The van der Waals surface area contributed by atoms with Gasteiger partial charge in [-0.3, -0.25) is 4.79 Å². The van der Waals surface area contributed by atoms with Crippen LogP contribution in [0, 0.1) is 13.8 Å². The molecule has 0 radical (unpaired) electrons. The second-order valence-corrected chi connectivity index (χ2v) is 11.2. The van der Waals surface area contributed by atoms with E-state index in [2.05, 4.69) is 13.5 Å². The van der Waals surface area contributed by atoms with Crippen molar-refractivity contribution in [2.75, 3.05) is 7.11 Å². The molecule has 10 heteroatoms. The van der Waals surface area contributed by atoms with Gasteiger partial charge in [0.05, 0.1) is 36.0 Å². The third-order valence-electron chi connectivity index (χ3n) is 8.90. The Morgan fingerprint density at radius 1 is 0.978 bits per heavy atom. The number of hydrogen-bond acceptors (Lipinski definition) is 6. The molecule has 3 aliphatic rings. The van der Waals surface area contributed by atoms with Crippen molar-refractivity contribution in [3.05, 3.63) is 87.5 Å². The van der Waals surface area contributed by atoms with Crippen molar-refractivity contribution in [2.24, 2.45) is 0 Å². The summed E-state index contributed by atoms with van der Waals surface area (Å²) in [6.07, 6.45) is 3.79. The second kappa shape index (κ2) is 11.9. The molecule has 224 valence electrons. The Kier molecular flexibility index (Phi) is 8.52. The Morgan fingerprint density at radius 3 is 2.27 bits per heavy atom. The van der Waals surface area contributed by atoms with Crippen molar-refractivity contribution in [3.63, 3.8) is 0 Å². The van der Waals surface area contributed by atoms with Crippen LogP contribution < -0.4 is 9.97 Å². The molecule has 0 aromatic carbocycles. The zero-order valence-electron chi connectivity index (χ0n) is 26.1. The van der Waals surface area contributed by atoms with Crippen LogP contribution in [0.15, 0.2) is 36.9 Å². The van der Waals surface area contributed by atoms with E-state index in [0.717, 1.165) is 57.1 Å². The third-order valence-corrected chi connectivity index (χ3v) is 8.90. The van der Waals surface area contributed by atoms with E-state index in [1.807, 2.05) is 45.9 Å². The molecule has 0 saturated heterocycles. The monoisotopic (exact) mass is 612 g/mol. The molecule has 6 rings (SSSR count). The van der Waals surface area contributed by atoms with Gasteiger partial charge >= 0.3 is 35.0 Å². The van der Waals surface area contributed by atoms with Crippen LogP contribution in [0.25, 0.3) is 50.4 Å². The predicted octanol–water partition coefficient (Wildman–Crippen LogP) is 5.15. The van der Waals surface area contributed by atoms with Crippen molar-refractivity contribution in [3.8, 4) is 0 Å². The van der Waals surface area contributed by atoms with E-state index in [0.29, 0.717) is 50.4 Å². The molecule has 8 bridgehead atoms. The van der Waals surface area contributed by atoms with Gasteiger partial charge in [0, 0.05) is 17.2 Å². The molecule has 3 aromatic heterocycles. The number of aliphatic hydroxyl groups excluding tert-OH is 1. The number of esters is 1. The SMILES string of the molecule is C=CC1=C(C)c2cc3[n-]c(c(/C=C/C(=O)O)c3C)c3c4nc(cc5[n-]c(cc1n2)c(C)c5CC)C(C)=C4[C@H](O)[C@@H]3C(=O)OC.[Mg+2]. The smallest absolute Gasteiger partial charge is 0.657 e. The Balaban J connectivity index is 0.00000400. The fourth-order valence-corrected chi connectivity index (χ4v) is 6.51. The van der Waals surface area contributed by atoms with Crippen LogP contribution in [0.2, 0.25) is 0 Å². The minimum Gasteiger partial charge on any atom is -0.657 e. The number of aromatic nitrogens is 4. The molecule has 0 spiro atoms. The van der Waals surface area contributed by atoms with Crippen molar-refractivity contribution in [1.29, 1.82) is 0 Å². The standard InChI is InChI=1S/C35H33N4O5.Mg/c1-8-19-15(3)22-12-24-17(5)21(10-11-28(40)41)32(38-24)30-31(35(43)44-7)34(42)29-18(6)25(39-33(29)30)14-27-20(9-2)16(4)23(37-27)13-26(19)36-22;/h8,10-14,31,34,42H,1,9H2,2-7H3,(H2-,36,37,38,39,40,41);/q-1;+2/p-1/b11-10+,22-12?,23-13?,24-12?,25-14?,26-13?,27-14?,32-30?;/t31-,34+;/m1./s1. The van der Waals surface area contributed by atoms with Crippen molar-refractivity contribution >= 4 is 85.4 Å². The van der Waals surface area contributed by atoms with Crippen molar-refractivity contribution in [1.82, 2.24) is 19.9 Å². The number of nitrogens with zero attached hydrogens (tertiary/aromatic N) is 4. The molecular weight excluding hydrogens is 581 g/mol. The first-order chi connectivity index (χ1) is 21.0. The molecule has 2 aliphatic heterocycles. The number of carboxylic acids is 1. The zero-order chi connectivity index (χ0) is 31.6. The Hall–Kier alpha value is -4.25. The summed E-state index contributed by atoms with van der Waals surface area (Å²) in [7, 11) is 1.27. The summed E-state index contributed by atoms with van der Waals surface area (Å²) in [5.74, 6) is -2.87. The van der Waals surface area contributed by atoms with Gasteiger partial charge in [0.25, 0.3) is 0 Å². The number of carbonyl (C=O) groups is 2. The number of aryl methyl sites for hydroxylation is 3. The summed E-state index contributed by atoms with van der Waals surface area (Å²) in [4.78, 5) is 44.7. The van der Waals surface area contributed by atoms with Gasteiger partial charge in [-0.2, -0.15) is 0 Å². The molecule has 0 unspecified atom stereocenters. The van der Waals surface area contributed by atoms with Gasteiger partial charge in [-0.25, -0.2) is 14.8 Å². The number of allylic oxidation sites excluding steroid dienone is 4. The van der Waals surface area contributed by atoms with Crippen LogP contribution in [0.3, 0.4) is 0 Å².